The highest BCUT2D eigenvalue weighted by Gasteiger charge is 2.64. The smallest absolute Gasteiger partial charge is 0.377 e. The molecule has 0 heterocycles. The number of carboxylic acids is 1. The molecule has 619 valence electrons. The zero-order valence-corrected chi connectivity index (χ0v) is 72.1. The number of hydrogen-bond donors (Lipinski definition) is 2. The fourth-order valence-electron chi connectivity index (χ4n) is 22.9. The average Bonchev–Trinajstić information content (AvgIpc) is 0.727. The number of rotatable bonds is 20. The number of carbonyl (C=O) groups is 6. The third-order valence-electron chi connectivity index (χ3n) is 27.2. The molecule has 8 unspecified atom stereocenters. The topological polar surface area (TPSA) is 189 Å². The fourth-order valence-corrected chi connectivity index (χ4v) is 27.0. The van der Waals surface area contributed by atoms with Crippen LogP contribution in [0.1, 0.15) is 188 Å². The van der Waals surface area contributed by atoms with Gasteiger partial charge in [-0.3, -0.25) is 9.59 Å². The summed E-state index contributed by atoms with van der Waals surface area (Å²) in [4.78, 5) is 79.8. The van der Waals surface area contributed by atoms with Crippen molar-refractivity contribution in [1.29, 1.82) is 0 Å². The number of carboxylic acid groups (broad SMARTS) is 1. The van der Waals surface area contributed by atoms with E-state index in [2.05, 4.69) is 187 Å². The zero-order chi connectivity index (χ0) is 86.2. The number of Topliss-reactive ketones (excluding diaryl/α,β-unsaturated/α-hetero) is 2. The van der Waals surface area contributed by atoms with Crippen molar-refractivity contribution in [2.45, 2.75) is 271 Å². The first-order chi connectivity index (χ1) is 56.6. The molecular weight excluding hydrogens is 1550 g/mol. The first-order valence-corrected chi connectivity index (χ1v) is 45.2. The lowest BCUT2D eigenvalue weighted by atomic mass is 8.64. The van der Waals surface area contributed by atoms with Gasteiger partial charge in [0.05, 0.1) is 38.6 Å². The predicted octanol–water partition coefficient (Wildman–Crippen LogP) is 15.5. The second-order valence-corrected chi connectivity index (χ2v) is 42.0. The second kappa shape index (κ2) is 36.9. The van der Waals surface area contributed by atoms with Crippen molar-refractivity contribution in [1.82, 2.24) is 0 Å². The number of benzene rings is 6. The average molecular weight is 1660 g/mol. The molecule has 6 aromatic rings. The number of hydrogen-bond acceptors (Lipinski definition) is 12. The Kier molecular flexibility index (Phi) is 28.0. The van der Waals surface area contributed by atoms with Crippen LogP contribution in [0.2, 0.25) is 0 Å². The molecule has 120 heavy (non-hydrogen) atoms. The highest BCUT2D eigenvalue weighted by molar-refractivity contribution is 7.97. The van der Waals surface area contributed by atoms with E-state index in [0.717, 1.165) is 96.3 Å². The van der Waals surface area contributed by atoms with E-state index in [-0.39, 0.29) is 88.5 Å². The Hall–Kier alpha value is -6.58. The van der Waals surface area contributed by atoms with Gasteiger partial charge in [-0.15, -0.1) is 0 Å². The summed E-state index contributed by atoms with van der Waals surface area (Å²) in [6.45, 7) is 13.5. The third kappa shape index (κ3) is 22.0. The molecule has 0 saturated heterocycles. The van der Waals surface area contributed by atoms with Crippen LogP contribution < -0.4 is 0 Å². The minimum atomic E-state index is -3.58. The summed E-state index contributed by atoms with van der Waals surface area (Å²) in [7, 11) is 27.4. The van der Waals surface area contributed by atoms with Crippen molar-refractivity contribution in [2.24, 2.45) is 59.2 Å². The van der Waals surface area contributed by atoms with Crippen LogP contribution in [0.25, 0.3) is 0 Å². The van der Waals surface area contributed by atoms with Gasteiger partial charge in [-0.1, -0.05) is 106 Å². The number of aryl methyl sites for hydroxylation is 6. The molecule has 0 aliphatic heterocycles. The van der Waals surface area contributed by atoms with Gasteiger partial charge < -0.3 is 33.9 Å². The van der Waals surface area contributed by atoms with Crippen LogP contribution in [0, 0.1) is 101 Å². The Morgan fingerprint density at radius 1 is 0.400 bits per heavy atom. The van der Waals surface area contributed by atoms with Gasteiger partial charge in [0.2, 0.25) is 0 Å². The zero-order valence-electron chi connectivity index (χ0n) is 70.5. The number of carbonyl (C=O) groups excluding carboxylic acids is 5. The van der Waals surface area contributed by atoms with E-state index in [0.29, 0.717) is 87.6 Å². The van der Waals surface area contributed by atoms with Crippen LogP contribution in [0.15, 0.2) is 175 Å². The van der Waals surface area contributed by atoms with Gasteiger partial charge >= 0.3 is 35.7 Å². The van der Waals surface area contributed by atoms with Crippen LogP contribution in [0.4, 0.5) is 17.6 Å². The van der Waals surface area contributed by atoms with E-state index in [9.17, 15) is 51.4 Å². The number of halogens is 4. The first kappa shape index (κ1) is 91.1. The normalized spacial score (nSPS) is 30.5. The number of esters is 3. The van der Waals surface area contributed by atoms with Crippen LogP contribution in [-0.4, -0.2) is 169 Å². The first-order valence-electron chi connectivity index (χ1n) is 42.8. The largest absolute Gasteiger partial charge is 0.477 e. The van der Waals surface area contributed by atoms with Crippen molar-refractivity contribution < 1.29 is 80.2 Å². The summed E-state index contributed by atoms with van der Waals surface area (Å²) in [5.74, 6) is -7.73. The van der Waals surface area contributed by atoms with Gasteiger partial charge in [0.25, 0.3) is 0 Å². The summed E-state index contributed by atoms with van der Waals surface area (Å²) < 4.78 is 79.4. The molecule has 0 amide bonds. The minimum absolute atomic E-state index is 0.00871. The summed E-state index contributed by atoms with van der Waals surface area (Å²) in [6, 6.07) is 53.6. The molecule has 16 aliphatic rings. The standard InChI is InChI=1S/C25H32F2O6.C22H30O5.2C21H21S.C3H4F2O2.B9/c1-22(26,27)21(30)33-25-8-15-2-16(9-25)7-24(6-15,13-25)31-12-19(28)32-23-5-14-3-17(10-23)20(29)18(4-14)11-23;23-18(27-21-6-13-2-16(9-21)19(24)17(3-13)10-21)11-26-22-7-14-1-15(8-22)5-20(25,4-14)12-22;2*1-16-4-10-19(11-5-16)22(20-12-6-17(2)7-13-20)21-14-8-18(3)9-15-21;1-3(4,5)2(6)7;1-6-9(7(2)3)8(4)5/h14-18H,2-13H2,1H3;13-17,25H,1-12H2;2*4-15H,1-3H3;1H3,(H,6,7);/q;;2*+1;;. The monoisotopic (exact) mass is 1660 g/mol. The summed E-state index contributed by atoms with van der Waals surface area (Å²) >= 11 is 0. The van der Waals surface area contributed by atoms with Crippen LogP contribution in [-0.2, 0) is 74.2 Å². The molecule has 13 nitrogen and oxygen atoms in total. The van der Waals surface area contributed by atoms with Gasteiger partial charge in [0.15, 0.2) is 29.4 Å². The van der Waals surface area contributed by atoms with Crippen molar-refractivity contribution >= 4 is 122 Å². The van der Waals surface area contributed by atoms with Crippen molar-refractivity contribution in [3.8, 4) is 0 Å². The van der Waals surface area contributed by atoms with Crippen molar-refractivity contribution in [3.63, 3.8) is 0 Å². The Morgan fingerprint density at radius 3 is 0.900 bits per heavy atom. The molecule has 0 spiro atoms. The Bertz CT molecular complexity index is 4190. The Morgan fingerprint density at radius 2 is 0.658 bits per heavy atom. The number of ketones is 2. The van der Waals surface area contributed by atoms with Crippen LogP contribution in [0.5, 0.6) is 0 Å². The van der Waals surface area contributed by atoms with Crippen molar-refractivity contribution in [3.05, 3.63) is 179 Å². The maximum Gasteiger partial charge on any atom is 0.377 e. The molecule has 2 N–H and O–H groups in total. The van der Waals surface area contributed by atoms with Crippen molar-refractivity contribution in [2.75, 3.05) is 13.2 Å². The maximum absolute atomic E-state index is 13.5. The van der Waals surface area contributed by atoms with Gasteiger partial charge in [0.1, 0.15) is 41.6 Å². The Labute approximate surface area is 720 Å². The molecule has 16 fully saturated rings. The van der Waals surface area contributed by atoms with E-state index >= 15 is 0 Å². The van der Waals surface area contributed by atoms with Crippen LogP contribution in [0.3, 0.4) is 0 Å². The summed E-state index contributed by atoms with van der Waals surface area (Å²) in [6.07, 6.45) is 16.5. The fraction of sp³-hybridized carbons (Fsp3) is 0.543. The molecule has 22 rings (SSSR count). The molecule has 0 aromatic heterocycles. The predicted molar refractivity (Wildman–Crippen MR) is 467 cm³/mol. The molecule has 16 saturated carbocycles. The quantitative estimate of drug-likeness (QED) is 0.0242. The molecule has 6 aromatic carbocycles. The lowest BCUT2D eigenvalue weighted by Crippen LogP contribution is -2.62. The van der Waals surface area contributed by atoms with Gasteiger partial charge in [-0.05, 0) is 278 Å². The van der Waals surface area contributed by atoms with E-state index in [1.807, 2.05) is 0 Å². The third-order valence-corrected chi connectivity index (χ3v) is 31.6. The van der Waals surface area contributed by atoms with E-state index in [1.165, 1.54) is 76.2 Å². The molecule has 28 heteroatoms. The highest BCUT2D eigenvalue weighted by atomic mass is 32.2. The second-order valence-electron chi connectivity index (χ2n) is 38.0. The van der Waals surface area contributed by atoms with Gasteiger partial charge in [-0.2, -0.15) is 17.6 Å². The molecule has 8 atom stereocenters. The molecular formula is C92H108B9F4O13S2+2. The molecule has 16 bridgehead atoms. The maximum atomic E-state index is 13.5. The number of aliphatic carboxylic acids is 1. The Balaban J connectivity index is 0.000000132. The highest BCUT2D eigenvalue weighted by Crippen LogP contribution is 2.63. The van der Waals surface area contributed by atoms with Gasteiger partial charge in [0, 0.05) is 115 Å². The minimum Gasteiger partial charge on any atom is -0.477 e. The van der Waals surface area contributed by atoms with E-state index in [4.69, 9.17) is 67.5 Å². The van der Waals surface area contributed by atoms with Crippen LogP contribution >= 0.6 is 0 Å². The lowest BCUT2D eigenvalue weighted by Gasteiger charge is -2.60. The van der Waals surface area contributed by atoms with Gasteiger partial charge in [-0.25, -0.2) is 19.2 Å². The molecule has 11 radical (unpaired) electrons. The van der Waals surface area contributed by atoms with E-state index < -0.39 is 70.5 Å². The summed E-state index contributed by atoms with van der Waals surface area (Å²) in [5, 5.41) is 18.3. The van der Waals surface area contributed by atoms with E-state index in [1.54, 1.807) is 0 Å². The number of ether oxygens (including phenoxy) is 5. The molecule has 16 aliphatic carbocycles. The SMILES string of the molecule is CC(F)(F)C(=O)O.CC(F)(F)C(=O)OC12CC3CC(CC(OCC(=O)OC45CC6CC(C4)C(=O)C(C6)C5)(C3)C1)C2.Cc1ccc([S+](c2ccc(C)cc2)c2ccc(C)cc2)cc1.Cc1ccc([S+](c2ccc(C)cc2)c2ccc(C)cc2)cc1.O=C(COC12CC3CC(CC(O)(C3)C1)C2)OC12CC3CC(C1)C(=O)C(C3)C2.[B][B]B(B([B])[B])B([B])[B]. The lowest BCUT2D eigenvalue weighted by molar-refractivity contribution is -0.247. The number of aliphatic hydroxyl groups is 1. The number of alkyl halides is 4. The summed E-state index contributed by atoms with van der Waals surface area (Å²) in [5.41, 5.74) is 4.43.